The second-order valence-corrected chi connectivity index (χ2v) is 2.03. The molecule has 0 radical (unpaired) electrons. The topological polar surface area (TPSA) is 76.5 Å². The summed E-state index contributed by atoms with van der Waals surface area (Å²) in [6.07, 6.45) is 5.35. The highest BCUT2D eigenvalue weighted by Crippen LogP contribution is 1.98. The standard InChI is InChI=1S/C7H8N4O2/c1-13-10-4-7(12)11-6-2-8-5-9-3-6/h2-5H,1H3,(H,11,12)/b10-4+. The van der Waals surface area contributed by atoms with Crippen LogP contribution < -0.4 is 5.32 Å². The van der Waals surface area contributed by atoms with Crippen molar-refractivity contribution in [3.8, 4) is 0 Å². The maximum absolute atomic E-state index is 11.0. The minimum Gasteiger partial charge on any atom is -0.399 e. The van der Waals surface area contributed by atoms with Gasteiger partial charge in [-0.05, 0) is 0 Å². The van der Waals surface area contributed by atoms with Gasteiger partial charge >= 0.3 is 0 Å². The second-order valence-electron chi connectivity index (χ2n) is 2.03. The van der Waals surface area contributed by atoms with Crippen molar-refractivity contribution in [3.05, 3.63) is 18.7 Å². The van der Waals surface area contributed by atoms with Crippen LogP contribution in [0.5, 0.6) is 0 Å². The minimum absolute atomic E-state index is 0.392. The van der Waals surface area contributed by atoms with Crippen molar-refractivity contribution in [3.63, 3.8) is 0 Å². The van der Waals surface area contributed by atoms with Crippen LogP contribution in [0.3, 0.4) is 0 Å². The largest absolute Gasteiger partial charge is 0.399 e. The molecule has 1 aromatic heterocycles. The Kier molecular flexibility index (Phi) is 3.37. The molecule has 1 N–H and O–H groups in total. The molecule has 6 heteroatoms. The molecular weight excluding hydrogens is 172 g/mol. The molecule has 0 aliphatic heterocycles. The molecular formula is C7H8N4O2. The van der Waals surface area contributed by atoms with E-state index in [4.69, 9.17) is 0 Å². The van der Waals surface area contributed by atoms with Crippen molar-refractivity contribution in [1.29, 1.82) is 0 Å². The quantitative estimate of drug-likeness (QED) is 0.526. The van der Waals surface area contributed by atoms with E-state index in [2.05, 4.69) is 25.3 Å². The number of anilines is 1. The molecule has 0 aliphatic rings. The van der Waals surface area contributed by atoms with Gasteiger partial charge in [-0.2, -0.15) is 0 Å². The van der Waals surface area contributed by atoms with Crippen LogP contribution in [0.15, 0.2) is 23.9 Å². The number of nitrogens with one attached hydrogen (secondary N) is 1. The van der Waals surface area contributed by atoms with Gasteiger partial charge in [-0.3, -0.25) is 4.79 Å². The van der Waals surface area contributed by atoms with Crippen LogP contribution in [-0.2, 0) is 9.63 Å². The van der Waals surface area contributed by atoms with Crippen molar-refractivity contribution in [2.24, 2.45) is 5.16 Å². The molecule has 0 bridgehead atoms. The molecule has 0 aliphatic carbocycles. The van der Waals surface area contributed by atoms with Gasteiger partial charge in [0.15, 0.2) is 0 Å². The van der Waals surface area contributed by atoms with Gasteiger partial charge < -0.3 is 10.2 Å². The van der Waals surface area contributed by atoms with Crippen molar-refractivity contribution in [2.75, 3.05) is 12.4 Å². The number of carbonyl (C=O) groups is 1. The summed E-state index contributed by atoms with van der Waals surface area (Å²) in [5, 5.41) is 5.77. The summed E-state index contributed by atoms with van der Waals surface area (Å²) in [5.74, 6) is -0.392. The van der Waals surface area contributed by atoms with E-state index >= 15 is 0 Å². The summed E-state index contributed by atoms with van der Waals surface area (Å²) in [6, 6.07) is 0. The van der Waals surface area contributed by atoms with Crippen LogP contribution in [0.2, 0.25) is 0 Å². The van der Waals surface area contributed by atoms with Crippen LogP contribution in [-0.4, -0.2) is 29.2 Å². The second kappa shape index (κ2) is 4.81. The molecule has 13 heavy (non-hydrogen) atoms. The zero-order valence-corrected chi connectivity index (χ0v) is 6.97. The monoisotopic (exact) mass is 180 g/mol. The highest BCUT2D eigenvalue weighted by molar-refractivity contribution is 6.31. The van der Waals surface area contributed by atoms with Gasteiger partial charge in [-0.25, -0.2) is 9.97 Å². The Morgan fingerprint density at radius 1 is 1.62 bits per heavy atom. The summed E-state index contributed by atoms with van der Waals surface area (Å²) in [6.45, 7) is 0. The maximum atomic E-state index is 11.0. The normalized spacial score (nSPS) is 9.92. The molecule has 0 fully saturated rings. The number of amides is 1. The van der Waals surface area contributed by atoms with E-state index in [0.717, 1.165) is 6.21 Å². The molecule has 1 amide bonds. The zero-order chi connectivity index (χ0) is 9.52. The Bertz CT molecular complexity index is 299. The van der Waals surface area contributed by atoms with E-state index < -0.39 is 5.91 Å². The molecule has 0 saturated heterocycles. The highest BCUT2D eigenvalue weighted by Gasteiger charge is 1.97. The number of nitrogens with zero attached hydrogens (tertiary/aromatic N) is 3. The average molecular weight is 180 g/mol. The van der Waals surface area contributed by atoms with E-state index in [1.807, 2.05) is 0 Å². The number of oxime groups is 1. The molecule has 0 saturated carbocycles. The predicted octanol–water partition coefficient (Wildman–Crippen LogP) is 0.0473. The third kappa shape index (κ3) is 3.28. The molecule has 1 aromatic rings. The van der Waals surface area contributed by atoms with E-state index in [0.29, 0.717) is 5.69 Å². The van der Waals surface area contributed by atoms with E-state index in [1.165, 1.54) is 25.8 Å². The number of carbonyl (C=O) groups excluding carboxylic acids is 1. The van der Waals surface area contributed by atoms with Crippen LogP contribution in [0.4, 0.5) is 5.69 Å². The van der Waals surface area contributed by atoms with Crippen molar-refractivity contribution in [1.82, 2.24) is 9.97 Å². The lowest BCUT2D eigenvalue weighted by atomic mass is 10.5. The fourth-order valence-electron chi connectivity index (χ4n) is 0.639. The first-order chi connectivity index (χ1) is 6.33. The molecule has 0 unspecified atom stereocenters. The smallest absolute Gasteiger partial charge is 0.270 e. The number of aromatic nitrogens is 2. The van der Waals surface area contributed by atoms with E-state index in [9.17, 15) is 4.79 Å². The van der Waals surface area contributed by atoms with Crippen LogP contribution >= 0.6 is 0 Å². The van der Waals surface area contributed by atoms with Gasteiger partial charge in [0.2, 0.25) is 0 Å². The number of rotatable bonds is 3. The van der Waals surface area contributed by atoms with Crippen LogP contribution in [0.1, 0.15) is 0 Å². The van der Waals surface area contributed by atoms with E-state index in [-0.39, 0.29) is 0 Å². The van der Waals surface area contributed by atoms with Crippen LogP contribution in [0.25, 0.3) is 0 Å². The Hall–Kier alpha value is -1.98. The summed E-state index contributed by atoms with van der Waals surface area (Å²) < 4.78 is 0. The Morgan fingerprint density at radius 2 is 2.31 bits per heavy atom. The third-order valence-electron chi connectivity index (χ3n) is 1.10. The van der Waals surface area contributed by atoms with Gasteiger partial charge in [0.1, 0.15) is 19.7 Å². The fourth-order valence-corrected chi connectivity index (χ4v) is 0.639. The molecule has 6 nitrogen and oxygen atoms in total. The minimum atomic E-state index is -0.392. The SMILES string of the molecule is CO/N=C/C(=O)Nc1cncnc1. The lowest BCUT2D eigenvalue weighted by Gasteiger charge is -1.97. The van der Waals surface area contributed by atoms with Crippen molar-refractivity contribution < 1.29 is 9.63 Å². The number of hydrogen-bond acceptors (Lipinski definition) is 5. The first-order valence-electron chi connectivity index (χ1n) is 3.45. The average Bonchev–Trinajstić information content (AvgIpc) is 2.16. The first kappa shape index (κ1) is 9.11. The Balaban J connectivity index is 2.50. The van der Waals surface area contributed by atoms with Gasteiger partial charge in [-0.15, -0.1) is 0 Å². The van der Waals surface area contributed by atoms with Gasteiger partial charge in [0.05, 0.1) is 18.1 Å². The molecule has 0 aromatic carbocycles. The van der Waals surface area contributed by atoms with E-state index in [1.54, 1.807) is 0 Å². The van der Waals surface area contributed by atoms with Crippen molar-refractivity contribution in [2.45, 2.75) is 0 Å². The summed E-state index contributed by atoms with van der Waals surface area (Å²) in [5.41, 5.74) is 0.509. The molecule has 1 heterocycles. The first-order valence-corrected chi connectivity index (χ1v) is 3.45. The maximum Gasteiger partial charge on any atom is 0.270 e. The van der Waals surface area contributed by atoms with Gasteiger partial charge in [-0.1, -0.05) is 5.16 Å². The predicted molar refractivity (Wildman–Crippen MR) is 46.2 cm³/mol. The Labute approximate surface area is 74.6 Å². The zero-order valence-electron chi connectivity index (χ0n) is 6.97. The molecule has 0 atom stereocenters. The van der Waals surface area contributed by atoms with Gasteiger partial charge in [0.25, 0.3) is 5.91 Å². The van der Waals surface area contributed by atoms with Crippen LogP contribution in [0, 0.1) is 0 Å². The summed E-state index contributed by atoms with van der Waals surface area (Å²) in [7, 11) is 1.36. The lowest BCUT2D eigenvalue weighted by Crippen LogP contribution is -2.12. The molecule has 1 rings (SSSR count). The summed E-state index contributed by atoms with van der Waals surface area (Å²) >= 11 is 0. The lowest BCUT2D eigenvalue weighted by molar-refractivity contribution is -0.110. The molecule has 0 spiro atoms. The van der Waals surface area contributed by atoms with Crippen molar-refractivity contribution >= 4 is 17.8 Å². The van der Waals surface area contributed by atoms with Gasteiger partial charge in [0, 0.05) is 0 Å². The fraction of sp³-hybridized carbons (Fsp3) is 0.143. The number of hydrogen-bond donors (Lipinski definition) is 1. The highest BCUT2D eigenvalue weighted by atomic mass is 16.6. The summed E-state index contributed by atoms with van der Waals surface area (Å²) in [4.78, 5) is 22.7. The molecule has 68 valence electrons. The Morgan fingerprint density at radius 3 is 2.92 bits per heavy atom. The third-order valence-corrected chi connectivity index (χ3v) is 1.10.